The second-order valence-corrected chi connectivity index (χ2v) is 8.96. The van der Waals surface area contributed by atoms with Gasteiger partial charge in [0.05, 0.1) is 6.10 Å². The summed E-state index contributed by atoms with van der Waals surface area (Å²) < 4.78 is 11.5. The molecule has 3 N–H and O–H groups in total. The third-order valence-corrected chi connectivity index (χ3v) is 6.25. The van der Waals surface area contributed by atoms with Crippen molar-refractivity contribution in [2.45, 2.75) is 44.9 Å². The summed E-state index contributed by atoms with van der Waals surface area (Å²) in [5, 5.41) is 17.9. The number of ether oxygens (including phenoxy) is 2. The summed E-state index contributed by atoms with van der Waals surface area (Å²) in [6.07, 6.45) is 4.24. The summed E-state index contributed by atoms with van der Waals surface area (Å²) in [5.74, 6) is -2.42. The predicted molar refractivity (Wildman–Crippen MR) is 132 cm³/mol. The number of carboxylic acids is 2. The first-order chi connectivity index (χ1) is 17.4. The molecule has 9 heteroatoms. The zero-order valence-electron chi connectivity index (χ0n) is 20.3. The SMILES string of the molecule is O=C(NCC1CCCO1)C1CCN(Cc2ccc(OCc3ccccc3)cc2)CC1.O=C(O)C(=O)O. The van der Waals surface area contributed by atoms with Gasteiger partial charge in [-0.25, -0.2) is 9.59 Å². The Morgan fingerprint density at radius 2 is 1.58 bits per heavy atom. The van der Waals surface area contributed by atoms with Gasteiger partial charge in [-0.15, -0.1) is 0 Å². The molecule has 0 radical (unpaired) electrons. The number of nitrogens with zero attached hydrogens (tertiary/aromatic N) is 1. The van der Waals surface area contributed by atoms with Crippen LogP contribution in [0.1, 0.15) is 36.8 Å². The minimum atomic E-state index is -1.82. The number of amides is 1. The molecule has 0 aromatic heterocycles. The highest BCUT2D eigenvalue weighted by Gasteiger charge is 2.26. The fourth-order valence-electron chi connectivity index (χ4n) is 4.21. The zero-order valence-corrected chi connectivity index (χ0v) is 20.3. The van der Waals surface area contributed by atoms with Crippen LogP contribution in [0.25, 0.3) is 0 Å². The molecule has 0 spiro atoms. The molecule has 4 rings (SSSR count). The number of rotatable bonds is 8. The summed E-state index contributed by atoms with van der Waals surface area (Å²) in [6, 6.07) is 18.6. The Morgan fingerprint density at radius 1 is 0.917 bits per heavy atom. The van der Waals surface area contributed by atoms with Crippen molar-refractivity contribution in [1.82, 2.24) is 10.2 Å². The first-order valence-corrected chi connectivity index (χ1v) is 12.2. The van der Waals surface area contributed by atoms with Crippen LogP contribution in [0.2, 0.25) is 0 Å². The molecule has 36 heavy (non-hydrogen) atoms. The number of likely N-dealkylation sites (tertiary alicyclic amines) is 1. The van der Waals surface area contributed by atoms with Crippen LogP contribution in [0.4, 0.5) is 0 Å². The number of nitrogens with one attached hydrogen (secondary N) is 1. The van der Waals surface area contributed by atoms with Crippen LogP contribution in [0.5, 0.6) is 5.75 Å². The summed E-state index contributed by atoms with van der Waals surface area (Å²) in [7, 11) is 0. The first-order valence-electron chi connectivity index (χ1n) is 12.2. The van der Waals surface area contributed by atoms with Gasteiger partial charge in [-0.3, -0.25) is 9.69 Å². The van der Waals surface area contributed by atoms with E-state index in [4.69, 9.17) is 29.3 Å². The van der Waals surface area contributed by atoms with Crippen molar-refractivity contribution in [1.29, 1.82) is 0 Å². The van der Waals surface area contributed by atoms with E-state index in [0.717, 1.165) is 57.7 Å². The van der Waals surface area contributed by atoms with E-state index in [9.17, 15) is 4.79 Å². The van der Waals surface area contributed by atoms with E-state index in [-0.39, 0.29) is 17.9 Å². The number of piperidine rings is 1. The highest BCUT2D eigenvalue weighted by atomic mass is 16.5. The number of carboxylic acid groups (broad SMARTS) is 2. The normalized spacial score (nSPS) is 18.1. The monoisotopic (exact) mass is 498 g/mol. The highest BCUT2D eigenvalue weighted by Crippen LogP contribution is 2.21. The molecule has 1 atom stereocenters. The molecule has 194 valence electrons. The summed E-state index contributed by atoms with van der Waals surface area (Å²) in [5.41, 5.74) is 2.45. The van der Waals surface area contributed by atoms with Crippen molar-refractivity contribution in [3.63, 3.8) is 0 Å². The second kappa shape index (κ2) is 14.2. The number of carbonyl (C=O) groups excluding carboxylic acids is 1. The van der Waals surface area contributed by atoms with Crippen molar-refractivity contribution in [3.05, 3.63) is 65.7 Å². The maximum Gasteiger partial charge on any atom is 0.414 e. The molecule has 2 saturated heterocycles. The lowest BCUT2D eigenvalue weighted by molar-refractivity contribution is -0.159. The highest BCUT2D eigenvalue weighted by molar-refractivity contribution is 6.27. The van der Waals surface area contributed by atoms with Gasteiger partial charge in [0.1, 0.15) is 12.4 Å². The molecule has 2 aliphatic heterocycles. The number of hydrogen-bond acceptors (Lipinski definition) is 6. The van der Waals surface area contributed by atoms with Crippen LogP contribution in [0.15, 0.2) is 54.6 Å². The number of carbonyl (C=O) groups is 3. The van der Waals surface area contributed by atoms with E-state index in [1.807, 2.05) is 30.3 Å². The molecule has 0 bridgehead atoms. The van der Waals surface area contributed by atoms with E-state index in [2.05, 4.69) is 34.5 Å². The largest absolute Gasteiger partial charge is 0.489 e. The lowest BCUT2D eigenvalue weighted by Gasteiger charge is -2.31. The summed E-state index contributed by atoms with van der Waals surface area (Å²) in [6.45, 7) is 4.93. The molecule has 1 unspecified atom stereocenters. The number of aliphatic carboxylic acids is 2. The third kappa shape index (κ3) is 9.31. The van der Waals surface area contributed by atoms with Crippen molar-refractivity contribution in [2.24, 2.45) is 5.92 Å². The Bertz CT molecular complexity index is 955. The third-order valence-electron chi connectivity index (χ3n) is 6.25. The van der Waals surface area contributed by atoms with E-state index in [1.165, 1.54) is 11.1 Å². The smallest absolute Gasteiger partial charge is 0.414 e. The van der Waals surface area contributed by atoms with Crippen LogP contribution in [-0.4, -0.2) is 65.3 Å². The fourth-order valence-corrected chi connectivity index (χ4v) is 4.21. The molecule has 2 fully saturated rings. The van der Waals surface area contributed by atoms with Crippen molar-refractivity contribution >= 4 is 17.8 Å². The minimum Gasteiger partial charge on any atom is -0.489 e. The molecule has 2 aliphatic rings. The van der Waals surface area contributed by atoms with E-state index < -0.39 is 11.9 Å². The Labute approximate surface area is 211 Å². The zero-order chi connectivity index (χ0) is 25.8. The van der Waals surface area contributed by atoms with Gasteiger partial charge in [0.15, 0.2) is 0 Å². The van der Waals surface area contributed by atoms with Crippen LogP contribution in [0.3, 0.4) is 0 Å². The average Bonchev–Trinajstić information content (AvgIpc) is 3.42. The van der Waals surface area contributed by atoms with Crippen LogP contribution >= 0.6 is 0 Å². The van der Waals surface area contributed by atoms with Gasteiger partial charge in [-0.05, 0) is 62.0 Å². The second-order valence-electron chi connectivity index (χ2n) is 8.96. The van der Waals surface area contributed by atoms with Gasteiger partial charge < -0.3 is 25.0 Å². The molecule has 0 aliphatic carbocycles. The topological polar surface area (TPSA) is 125 Å². The molecular weight excluding hydrogens is 464 g/mol. The van der Waals surface area contributed by atoms with E-state index in [1.54, 1.807) is 0 Å². The predicted octanol–water partition coefficient (Wildman–Crippen LogP) is 2.93. The maximum absolute atomic E-state index is 12.4. The number of hydrogen-bond donors (Lipinski definition) is 3. The molecular formula is C27H34N2O7. The Balaban J connectivity index is 0.000000538. The van der Waals surface area contributed by atoms with Crippen molar-refractivity contribution in [2.75, 3.05) is 26.2 Å². The van der Waals surface area contributed by atoms with Gasteiger partial charge in [-0.2, -0.15) is 0 Å². The number of benzene rings is 2. The standard InChI is InChI=1S/C25H32N2O3.C2H2O4/c28-25(26-17-24-7-4-16-29-24)22-12-14-27(15-13-22)18-20-8-10-23(11-9-20)30-19-21-5-2-1-3-6-21;3-1(4)2(5)6/h1-3,5-6,8-11,22,24H,4,7,12-19H2,(H,26,28);(H,3,4)(H,5,6). The van der Waals surface area contributed by atoms with Gasteiger partial charge in [0.2, 0.25) is 5.91 Å². The summed E-state index contributed by atoms with van der Waals surface area (Å²) in [4.78, 5) is 33.1. The minimum absolute atomic E-state index is 0.136. The molecule has 2 aromatic carbocycles. The van der Waals surface area contributed by atoms with Gasteiger partial charge in [-0.1, -0.05) is 42.5 Å². The molecule has 9 nitrogen and oxygen atoms in total. The van der Waals surface area contributed by atoms with Gasteiger partial charge in [0.25, 0.3) is 0 Å². The Hall–Kier alpha value is -3.43. The van der Waals surface area contributed by atoms with E-state index >= 15 is 0 Å². The van der Waals surface area contributed by atoms with Gasteiger partial charge in [0, 0.05) is 25.6 Å². The maximum atomic E-state index is 12.4. The van der Waals surface area contributed by atoms with Crippen LogP contribution < -0.4 is 10.1 Å². The van der Waals surface area contributed by atoms with Gasteiger partial charge >= 0.3 is 11.9 Å². The molecule has 2 heterocycles. The van der Waals surface area contributed by atoms with Crippen LogP contribution in [0, 0.1) is 5.92 Å². The average molecular weight is 499 g/mol. The Kier molecular flexibility index (Phi) is 10.7. The van der Waals surface area contributed by atoms with Crippen molar-refractivity contribution < 1.29 is 34.1 Å². The molecule has 2 aromatic rings. The lowest BCUT2D eigenvalue weighted by Crippen LogP contribution is -2.42. The fraction of sp³-hybridized carbons (Fsp3) is 0.444. The van der Waals surface area contributed by atoms with Crippen LogP contribution in [-0.2, 0) is 32.3 Å². The first kappa shape index (κ1) is 27.2. The lowest BCUT2D eigenvalue weighted by atomic mass is 9.95. The van der Waals surface area contributed by atoms with Crippen molar-refractivity contribution in [3.8, 4) is 5.75 Å². The molecule has 0 saturated carbocycles. The Morgan fingerprint density at radius 3 is 2.17 bits per heavy atom. The summed E-state index contributed by atoms with van der Waals surface area (Å²) >= 11 is 0. The quantitative estimate of drug-likeness (QED) is 0.475. The van der Waals surface area contributed by atoms with E-state index in [0.29, 0.717) is 13.2 Å². The molecule has 1 amide bonds.